The molecule has 0 aliphatic rings. The van der Waals surface area contributed by atoms with E-state index in [1.54, 1.807) is 25.2 Å². The fourth-order valence-corrected chi connectivity index (χ4v) is 2.80. The summed E-state index contributed by atoms with van der Waals surface area (Å²) in [5.74, 6) is -1.23. The molecule has 0 saturated carbocycles. The number of rotatable bonds is 4. The van der Waals surface area contributed by atoms with E-state index >= 15 is 0 Å². The zero-order valence-electron chi connectivity index (χ0n) is 11.4. The molecule has 6 heteroatoms. The van der Waals surface area contributed by atoms with Crippen LogP contribution in [0, 0.1) is 11.6 Å². The van der Waals surface area contributed by atoms with E-state index in [0.717, 1.165) is 12.1 Å². The second-order valence-corrected chi connectivity index (χ2v) is 5.68. The lowest BCUT2D eigenvalue weighted by molar-refractivity contribution is 0.403. The predicted molar refractivity (Wildman–Crippen MR) is 83.0 cm³/mol. The van der Waals surface area contributed by atoms with Gasteiger partial charge in [-0.3, -0.25) is 0 Å². The zero-order chi connectivity index (χ0) is 15.6. The molecule has 2 aromatic carbocycles. The third kappa shape index (κ3) is 3.36. The number of hydrogen-bond acceptors (Lipinski definition) is 2. The van der Waals surface area contributed by atoms with Crippen LogP contribution in [0.2, 0.25) is 5.02 Å². The molecule has 2 rings (SSSR count). The first-order valence-electron chi connectivity index (χ1n) is 6.13. The number of methoxy groups -OCH3 is 1. The summed E-state index contributed by atoms with van der Waals surface area (Å²) in [6.45, 7) is 0. The van der Waals surface area contributed by atoms with Crippen molar-refractivity contribution in [2.24, 2.45) is 0 Å². The van der Waals surface area contributed by atoms with Crippen molar-refractivity contribution >= 4 is 27.5 Å². The molecular formula is C15H13BrClF2NO. The third-order valence-electron chi connectivity index (χ3n) is 3.13. The highest BCUT2D eigenvalue weighted by Gasteiger charge is 2.23. The van der Waals surface area contributed by atoms with Gasteiger partial charge in [-0.2, -0.15) is 0 Å². The first-order valence-corrected chi connectivity index (χ1v) is 7.30. The molecule has 1 atom stereocenters. The molecule has 0 saturated heterocycles. The van der Waals surface area contributed by atoms with Crippen LogP contribution >= 0.6 is 27.5 Å². The maximum absolute atomic E-state index is 14.2. The molecule has 0 fully saturated rings. The van der Waals surface area contributed by atoms with Crippen LogP contribution in [0.3, 0.4) is 0 Å². The summed E-state index contributed by atoms with van der Waals surface area (Å²) < 4.78 is 34.1. The van der Waals surface area contributed by atoms with Crippen LogP contribution in [0.5, 0.6) is 5.75 Å². The van der Waals surface area contributed by atoms with E-state index in [4.69, 9.17) is 16.3 Å². The van der Waals surface area contributed by atoms with E-state index in [-0.39, 0.29) is 11.3 Å². The summed E-state index contributed by atoms with van der Waals surface area (Å²) in [6, 6.07) is 6.73. The van der Waals surface area contributed by atoms with Gasteiger partial charge in [0, 0.05) is 27.2 Å². The van der Waals surface area contributed by atoms with E-state index in [1.165, 1.54) is 7.11 Å². The Morgan fingerprint density at radius 2 is 1.81 bits per heavy atom. The van der Waals surface area contributed by atoms with Crippen molar-refractivity contribution in [2.75, 3.05) is 14.2 Å². The number of nitrogens with one attached hydrogen (secondary N) is 1. The lowest BCUT2D eigenvalue weighted by Gasteiger charge is -2.20. The van der Waals surface area contributed by atoms with Crippen LogP contribution in [-0.4, -0.2) is 14.2 Å². The van der Waals surface area contributed by atoms with Crippen LogP contribution in [-0.2, 0) is 0 Å². The van der Waals surface area contributed by atoms with Crippen LogP contribution < -0.4 is 10.1 Å². The Morgan fingerprint density at radius 1 is 1.19 bits per heavy atom. The van der Waals surface area contributed by atoms with Crippen LogP contribution in [0.25, 0.3) is 0 Å². The first-order chi connectivity index (χ1) is 9.97. The van der Waals surface area contributed by atoms with Crippen molar-refractivity contribution < 1.29 is 13.5 Å². The molecule has 0 aromatic heterocycles. The molecule has 0 aliphatic carbocycles. The van der Waals surface area contributed by atoms with Crippen LogP contribution in [0.1, 0.15) is 17.2 Å². The standard InChI is InChI=1S/C15H13BrClF2NO/c1-20-15(10-5-8(17)3-4-11(10)16)14-12(18)6-9(21-2)7-13(14)19/h3-7,15,20H,1-2H3. The largest absolute Gasteiger partial charge is 0.497 e. The van der Waals surface area contributed by atoms with Gasteiger partial charge in [0.15, 0.2) is 0 Å². The van der Waals surface area contributed by atoms with Crippen LogP contribution in [0.4, 0.5) is 8.78 Å². The first kappa shape index (κ1) is 16.2. The fraction of sp³-hybridized carbons (Fsp3) is 0.200. The number of halogens is 4. The summed E-state index contributed by atoms with van der Waals surface area (Å²) >= 11 is 9.35. The van der Waals surface area contributed by atoms with Gasteiger partial charge in [0.1, 0.15) is 17.4 Å². The summed E-state index contributed by atoms with van der Waals surface area (Å²) in [7, 11) is 2.98. The molecule has 1 unspecified atom stereocenters. The smallest absolute Gasteiger partial charge is 0.134 e. The van der Waals surface area contributed by atoms with Crippen molar-refractivity contribution in [2.45, 2.75) is 6.04 Å². The quantitative estimate of drug-likeness (QED) is 0.835. The monoisotopic (exact) mass is 375 g/mol. The Labute approximate surface area is 135 Å². The Hall–Kier alpha value is -1.17. The Balaban J connectivity index is 2.59. The van der Waals surface area contributed by atoms with Gasteiger partial charge in [-0.25, -0.2) is 8.78 Å². The number of ether oxygens (including phenoxy) is 1. The normalized spacial score (nSPS) is 12.3. The van der Waals surface area contributed by atoms with Gasteiger partial charge < -0.3 is 10.1 Å². The topological polar surface area (TPSA) is 21.3 Å². The average molecular weight is 377 g/mol. The van der Waals surface area contributed by atoms with Gasteiger partial charge in [-0.15, -0.1) is 0 Å². The SMILES string of the molecule is CNC(c1cc(Cl)ccc1Br)c1c(F)cc(OC)cc1F. The molecule has 2 aromatic rings. The molecule has 112 valence electrons. The average Bonchev–Trinajstić information content (AvgIpc) is 2.45. The van der Waals surface area contributed by atoms with Crippen molar-refractivity contribution in [3.63, 3.8) is 0 Å². The summed E-state index contributed by atoms with van der Waals surface area (Å²) in [4.78, 5) is 0. The van der Waals surface area contributed by atoms with E-state index in [0.29, 0.717) is 15.1 Å². The maximum Gasteiger partial charge on any atom is 0.134 e. The summed E-state index contributed by atoms with van der Waals surface area (Å²) in [5.41, 5.74) is 0.564. The van der Waals surface area contributed by atoms with Gasteiger partial charge >= 0.3 is 0 Å². The van der Waals surface area contributed by atoms with E-state index in [2.05, 4.69) is 21.2 Å². The highest BCUT2D eigenvalue weighted by atomic mass is 79.9. The lowest BCUT2D eigenvalue weighted by atomic mass is 9.97. The molecule has 0 radical (unpaired) electrons. The molecule has 2 nitrogen and oxygen atoms in total. The van der Waals surface area contributed by atoms with Gasteiger partial charge in [0.25, 0.3) is 0 Å². The van der Waals surface area contributed by atoms with Gasteiger partial charge in [0.05, 0.1) is 13.2 Å². The molecular weight excluding hydrogens is 364 g/mol. The van der Waals surface area contributed by atoms with Gasteiger partial charge in [-0.1, -0.05) is 27.5 Å². The molecule has 0 aliphatic heterocycles. The highest BCUT2D eigenvalue weighted by Crippen LogP contribution is 2.34. The fourth-order valence-electron chi connectivity index (χ4n) is 2.15. The van der Waals surface area contributed by atoms with Crippen molar-refractivity contribution in [1.29, 1.82) is 0 Å². The van der Waals surface area contributed by atoms with Crippen LogP contribution in [0.15, 0.2) is 34.8 Å². The Morgan fingerprint density at radius 3 is 2.33 bits per heavy atom. The molecule has 21 heavy (non-hydrogen) atoms. The second kappa shape index (κ2) is 6.73. The number of benzene rings is 2. The third-order valence-corrected chi connectivity index (χ3v) is 4.09. The minimum Gasteiger partial charge on any atom is -0.497 e. The maximum atomic E-state index is 14.2. The molecule has 1 N–H and O–H groups in total. The summed E-state index contributed by atoms with van der Waals surface area (Å²) in [6.07, 6.45) is 0. The molecule has 0 amide bonds. The number of hydrogen-bond donors (Lipinski definition) is 1. The van der Waals surface area contributed by atoms with E-state index in [1.807, 2.05) is 0 Å². The summed E-state index contributed by atoms with van der Waals surface area (Å²) in [5, 5.41) is 3.40. The predicted octanol–water partition coefficient (Wildman–Crippen LogP) is 4.70. The molecule has 0 bridgehead atoms. The molecule has 0 spiro atoms. The zero-order valence-corrected chi connectivity index (χ0v) is 13.7. The van der Waals surface area contributed by atoms with Gasteiger partial charge in [-0.05, 0) is 30.8 Å². The second-order valence-electron chi connectivity index (χ2n) is 4.39. The van der Waals surface area contributed by atoms with E-state index in [9.17, 15) is 8.78 Å². The minimum atomic E-state index is -0.682. The molecule has 0 heterocycles. The van der Waals surface area contributed by atoms with Crippen molar-refractivity contribution in [3.8, 4) is 5.75 Å². The lowest BCUT2D eigenvalue weighted by Crippen LogP contribution is -2.21. The van der Waals surface area contributed by atoms with Crippen molar-refractivity contribution in [1.82, 2.24) is 5.32 Å². The minimum absolute atomic E-state index is 0.0822. The van der Waals surface area contributed by atoms with Gasteiger partial charge in [0.2, 0.25) is 0 Å². The van der Waals surface area contributed by atoms with E-state index < -0.39 is 17.7 Å². The Bertz CT molecular complexity index is 643. The van der Waals surface area contributed by atoms with Crippen molar-refractivity contribution in [3.05, 3.63) is 62.6 Å². The highest BCUT2D eigenvalue weighted by molar-refractivity contribution is 9.10. The Kier molecular flexibility index (Phi) is 5.19.